The standard InChI is InChI=1S/C20H32ClN7/c1-5-22-20(24-14-19-26-25-15-28(19)8-4)23-13-18(27(6-2)7-3)16-11-9-10-12-17(16)21/h9-12,15,18H,5-8,13-14H2,1-4H3,(H2,22,23,24). The Labute approximate surface area is 173 Å². The third-order valence-corrected chi connectivity index (χ3v) is 5.08. The van der Waals surface area contributed by atoms with E-state index in [1.54, 1.807) is 6.33 Å². The summed E-state index contributed by atoms with van der Waals surface area (Å²) in [5.74, 6) is 1.61. The molecule has 1 heterocycles. The monoisotopic (exact) mass is 405 g/mol. The van der Waals surface area contributed by atoms with Crippen LogP contribution in [-0.2, 0) is 13.1 Å². The number of guanidine groups is 1. The normalized spacial score (nSPS) is 13.0. The zero-order valence-electron chi connectivity index (χ0n) is 17.3. The van der Waals surface area contributed by atoms with Gasteiger partial charge < -0.3 is 15.2 Å². The lowest BCUT2D eigenvalue weighted by molar-refractivity contribution is 0.219. The Hall–Kier alpha value is -2.12. The number of likely N-dealkylation sites (N-methyl/N-ethyl adjacent to an activating group) is 1. The van der Waals surface area contributed by atoms with Gasteiger partial charge >= 0.3 is 0 Å². The van der Waals surface area contributed by atoms with Crippen LogP contribution in [0, 0.1) is 0 Å². The predicted octanol–water partition coefficient (Wildman–Crippen LogP) is 3.09. The molecule has 28 heavy (non-hydrogen) atoms. The van der Waals surface area contributed by atoms with Crippen LogP contribution in [0.2, 0.25) is 5.02 Å². The summed E-state index contributed by atoms with van der Waals surface area (Å²) in [6, 6.07) is 8.21. The Balaban J connectivity index is 2.15. The minimum Gasteiger partial charge on any atom is -0.357 e. The maximum Gasteiger partial charge on any atom is 0.191 e. The van der Waals surface area contributed by atoms with Crippen molar-refractivity contribution in [2.75, 3.05) is 26.2 Å². The van der Waals surface area contributed by atoms with Gasteiger partial charge in [0.1, 0.15) is 12.9 Å². The summed E-state index contributed by atoms with van der Waals surface area (Å²) in [5.41, 5.74) is 1.13. The van der Waals surface area contributed by atoms with E-state index >= 15 is 0 Å². The first-order valence-electron chi connectivity index (χ1n) is 10.0. The van der Waals surface area contributed by atoms with Crippen molar-refractivity contribution < 1.29 is 0 Å². The molecule has 2 N–H and O–H groups in total. The predicted molar refractivity (Wildman–Crippen MR) is 116 cm³/mol. The first kappa shape index (κ1) is 22.2. The second kappa shape index (κ2) is 11.7. The molecule has 154 valence electrons. The van der Waals surface area contributed by atoms with E-state index in [4.69, 9.17) is 11.6 Å². The van der Waals surface area contributed by atoms with Gasteiger partial charge in [-0.2, -0.15) is 0 Å². The molecule has 2 rings (SSSR count). The van der Waals surface area contributed by atoms with E-state index < -0.39 is 0 Å². The smallest absolute Gasteiger partial charge is 0.191 e. The number of aryl methyl sites for hydroxylation is 1. The molecule has 7 nitrogen and oxygen atoms in total. The van der Waals surface area contributed by atoms with Crippen molar-refractivity contribution in [3.8, 4) is 0 Å². The summed E-state index contributed by atoms with van der Waals surface area (Å²) in [7, 11) is 0. The molecule has 0 bridgehead atoms. The van der Waals surface area contributed by atoms with E-state index in [1.807, 2.05) is 22.8 Å². The van der Waals surface area contributed by atoms with E-state index in [0.717, 1.165) is 48.5 Å². The van der Waals surface area contributed by atoms with Crippen LogP contribution in [0.3, 0.4) is 0 Å². The van der Waals surface area contributed by atoms with Crippen molar-refractivity contribution in [2.45, 2.75) is 46.8 Å². The van der Waals surface area contributed by atoms with Gasteiger partial charge in [0, 0.05) is 24.7 Å². The Morgan fingerprint density at radius 2 is 1.93 bits per heavy atom. The molecule has 0 aliphatic carbocycles. The highest BCUT2D eigenvalue weighted by Gasteiger charge is 2.20. The highest BCUT2D eigenvalue weighted by atomic mass is 35.5. The number of nitrogens with zero attached hydrogens (tertiary/aromatic N) is 5. The lowest BCUT2D eigenvalue weighted by atomic mass is 10.0. The van der Waals surface area contributed by atoms with Crippen molar-refractivity contribution in [3.63, 3.8) is 0 Å². The van der Waals surface area contributed by atoms with Crippen LogP contribution in [0.15, 0.2) is 35.6 Å². The van der Waals surface area contributed by atoms with Crippen molar-refractivity contribution in [2.24, 2.45) is 4.99 Å². The Kier molecular flexibility index (Phi) is 9.23. The first-order valence-corrected chi connectivity index (χ1v) is 10.4. The van der Waals surface area contributed by atoms with E-state index in [2.05, 4.69) is 64.5 Å². The molecule has 0 saturated heterocycles. The van der Waals surface area contributed by atoms with Crippen LogP contribution in [0.1, 0.15) is 45.1 Å². The summed E-state index contributed by atoms with van der Waals surface area (Å²) >= 11 is 6.50. The third-order valence-electron chi connectivity index (χ3n) is 4.74. The van der Waals surface area contributed by atoms with Gasteiger partial charge in [0.2, 0.25) is 0 Å². The van der Waals surface area contributed by atoms with Gasteiger partial charge in [0.15, 0.2) is 11.8 Å². The number of halogens is 1. The molecule has 1 aromatic carbocycles. The average molecular weight is 406 g/mol. The second-order valence-corrected chi connectivity index (χ2v) is 6.77. The molecule has 0 spiro atoms. The number of hydrogen-bond acceptors (Lipinski definition) is 4. The maximum atomic E-state index is 6.50. The Morgan fingerprint density at radius 1 is 1.18 bits per heavy atom. The third kappa shape index (κ3) is 5.94. The fourth-order valence-corrected chi connectivity index (χ4v) is 3.46. The largest absolute Gasteiger partial charge is 0.357 e. The summed E-state index contributed by atoms with van der Waals surface area (Å²) in [6.45, 7) is 13.2. The van der Waals surface area contributed by atoms with Gasteiger partial charge in [-0.3, -0.25) is 4.90 Å². The number of nitrogens with one attached hydrogen (secondary N) is 2. The molecule has 0 saturated carbocycles. The lowest BCUT2D eigenvalue weighted by Crippen LogP contribution is -2.43. The molecule has 0 radical (unpaired) electrons. The minimum atomic E-state index is 0.159. The zero-order chi connectivity index (χ0) is 20.4. The Morgan fingerprint density at radius 3 is 2.57 bits per heavy atom. The molecular weight excluding hydrogens is 374 g/mol. The van der Waals surface area contributed by atoms with Gasteiger partial charge in [0.25, 0.3) is 0 Å². The van der Waals surface area contributed by atoms with Crippen LogP contribution in [-0.4, -0.2) is 51.8 Å². The van der Waals surface area contributed by atoms with E-state index in [0.29, 0.717) is 13.1 Å². The summed E-state index contributed by atoms with van der Waals surface area (Å²) in [4.78, 5) is 7.08. The van der Waals surface area contributed by atoms with Crippen molar-refractivity contribution in [1.29, 1.82) is 0 Å². The van der Waals surface area contributed by atoms with Crippen LogP contribution >= 0.6 is 11.6 Å². The molecule has 1 unspecified atom stereocenters. The van der Waals surface area contributed by atoms with Crippen molar-refractivity contribution in [3.05, 3.63) is 47.0 Å². The highest BCUT2D eigenvalue weighted by molar-refractivity contribution is 6.31. The molecule has 0 fully saturated rings. The molecule has 8 heteroatoms. The SMILES string of the molecule is CCNC(=NCc1nncn1CC)NCC(c1ccccc1Cl)N(CC)CC. The first-order chi connectivity index (χ1) is 13.6. The summed E-state index contributed by atoms with van der Waals surface area (Å²) in [6.07, 6.45) is 1.74. The van der Waals surface area contributed by atoms with Crippen LogP contribution in [0.5, 0.6) is 0 Å². The van der Waals surface area contributed by atoms with Gasteiger partial charge in [0.05, 0.1) is 6.04 Å². The molecule has 1 aromatic heterocycles. The van der Waals surface area contributed by atoms with Crippen LogP contribution in [0.25, 0.3) is 0 Å². The summed E-state index contributed by atoms with van der Waals surface area (Å²) < 4.78 is 2.00. The van der Waals surface area contributed by atoms with Gasteiger partial charge in [-0.05, 0) is 38.6 Å². The van der Waals surface area contributed by atoms with E-state index in [9.17, 15) is 0 Å². The lowest BCUT2D eigenvalue weighted by Gasteiger charge is -2.31. The summed E-state index contributed by atoms with van der Waals surface area (Å²) in [5, 5.41) is 15.7. The molecule has 2 aromatic rings. The van der Waals surface area contributed by atoms with Gasteiger partial charge in [-0.25, -0.2) is 4.99 Å². The highest BCUT2D eigenvalue weighted by Crippen LogP contribution is 2.26. The van der Waals surface area contributed by atoms with Crippen LogP contribution in [0.4, 0.5) is 0 Å². The van der Waals surface area contributed by atoms with Crippen molar-refractivity contribution >= 4 is 17.6 Å². The number of benzene rings is 1. The number of hydrogen-bond donors (Lipinski definition) is 2. The average Bonchev–Trinajstić information content (AvgIpc) is 3.17. The quantitative estimate of drug-likeness (QED) is 0.469. The number of aromatic nitrogens is 3. The Bertz CT molecular complexity index is 740. The van der Waals surface area contributed by atoms with Crippen molar-refractivity contribution in [1.82, 2.24) is 30.3 Å². The minimum absolute atomic E-state index is 0.159. The fraction of sp³-hybridized carbons (Fsp3) is 0.550. The molecular formula is C20H32ClN7. The van der Waals surface area contributed by atoms with Crippen LogP contribution < -0.4 is 10.6 Å². The number of aliphatic imine (C=N–C) groups is 1. The molecule has 0 aliphatic heterocycles. The zero-order valence-corrected chi connectivity index (χ0v) is 18.1. The van der Waals surface area contributed by atoms with E-state index in [1.165, 1.54) is 0 Å². The van der Waals surface area contributed by atoms with Gasteiger partial charge in [-0.1, -0.05) is 43.6 Å². The fourth-order valence-electron chi connectivity index (χ4n) is 3.20. The molecule has 0 aliphatic rings. The molecule has 1 atom stereocenters. The molecule has 0 amide bonds. The van der Waals surface area contributed by atoms with Gasteiger partial charge in [-0.15, -0.1) is 10.2 Å². The second-order valence-electron chi connectivity index (χ2n) is 6.37. The van der Waals surface area contributed by atoms with E-state index in [-0.39, 0.29) is 6.04 Å². The number of rotatable bonds is 10. The topological polar surface area (TPSA) is 70.4 Å². The maximum absolute atomic E-state index is 6.50.